The predicted molar refractivity (Wildman–Crippen MR) is 92.2 cm³/mol. The predicted octanol–water partition coefficient (Wildman–Crippen LogP) is 3.38. The van der Waals surface area contributed by atoms with Gasteiger partial charge in [-0.1, -0.05) is 6.07 Å². The van der Waals surface area contributed by atoms with E-state index in [1.807, 2.05) is 24.4 Å². The van der Waals surface area contributed by atoms with Crippen LogP contribution in [0.4, 0.5) is 11.4 Å². The van der Waals surface area contributed by atoms with E-state index in [0.29, 0.717) is 24.3 Å². The van der Waals surface area contributed by atoms with Gasteiger partial charge >= 0.3 is 0 Å². The Morgan fingerprint density at radius 3 is 2.57 bits per heavy atom. The lowest BCUT2D eigenvalue weighted by molar-refractivity contribution is -0.384. The minimum Gasteiger partial charge on any atom is -0.372 e. The zero-order valence-corrected chi connectivity index (χ0v) is 14.2. The van der Waals surface area contributed by atoms with E-state index >= 15 is 0 Å². The fraction of sp³-hybridized carbons (Fsp3) is 0.312. The number of nitro benzene ring substituents is 1. The number of thiophene rings is 1. The Labute approximate surface area is 139 Å². The van der Waals surface area contributed by atoms with Gasteiger partial charge in [0.25, 0.3) is 11.6 Å². The molecule has 0 fully saturated rings. The highest BCUT2D eigenvalue weighted by Gasteiger charge is 2.21. The number of amides is 1. The second kappa shape index (κ2) is 7.23. The number of nitrogens with zero attached hydrogens (tertiary/aromatic N) is 3. The maximum absolute atomic E-state index is 12.7. The average Bonchev–Trinajstić information content (AvgIpc) is 3.04. The molecule has 0 aliphatic rings. The Bertz CT molecular complexity index is 699. The topological polar surface area (TPSA) is 66.7 Å². The normalized spacial score (nSPS) is 10.4. The zero-order valence-electron chi connectivity index (χ0n) is 13.4. The lowest BCUT2D eigenvalue weighted by Crippen LogP contribution is -2.30. The SMILES string of the molecule is CCN(Cc1cccs1)C(=O)c1ccc(N(C)C)c([N+](=O)[O-])c1. The van der Waals surface area contributed by atoms with Crippen LogP contribution in [0, 0.1) is 10.1 Å². The van der Waals surface area contributed by atoms with E-state index < -0.39 is 4.92 Å². The summed E-state index contributed by atoms with van der Waals surface area (Å²) in [6.07, 6.45) is 0. The number of benzene rings is 1. The Kier molecular flexibility index (Phi) is 5.33. The van der Waals surface area contributed by atoms with Crippen LogP contribution in [-0.4, -0.2) is 36.4 Å². The molecule has 0 bridgehead atoms. The highest BCUT2D eigenvalue weighted by atomic mass is 32.1. The number of nitro groups is 1. The van der Waals surface area contributed by atoms with E-state index in [9.17, 15) is 14.9 Å². The lowest BCUT2D eigenvalue weighted by atomic mass is 10.1. The molecule has 23 heavy (non-hydrogen) atoms. The van der Waals surface area contributed by atoms with E-state index in [-0.39, 0.29) is 11.6 Å². The quantitative estimate of drug-likeness (QED) is 0.600. The largest absolute Gasteiger partial charge is 0.372 e. The molecule has 0 aliphatic carbocycles. The van der Waals surface area contributed by atoms with Gasteiger partial charge in [-0.25, -0.2) is 0 Å². The third-order valence-electron chi connectivity index (χ3n) is 3.50. The van der Waals surface area contributed by atoms with Crippen molar-refractivity contribution >= 4 is 28.6 Å². The van der Waals surface area contributed by atoms with Gasteiger partial charge < -0.3 is 9.80 Å². The summed E-state index contributed by atoms with van der Waals surface area (Å²) in [5, 5.41) is 13.2. The van der Waals surface area contributed by atoms with E-state index in [4.69, 9.17) is 0 Å². The van der Waals surface area contributed by atoms with Gasteiger partial charge in [0.2, 0.25) is 0 Å². The highest BCUT2D eigenvalue weighted by molar-refractivity contribution is 7.09. The second-order valence-corrected chi connectivity index (χ2v) is 6.29. The molecule has 2 aromatic rings. The van der Waals surface area contributed by atoms with Crippen LogP contribution in [0.3, 0.4) is 0 Å². The maximum Gasteiger partial charge on any atom is 0.293 e. The van der Waals surface area contributed by atoms with E-state index in [0.717, 1.165) is 4.88 Å². The van der Waals surface area contributed by atoms with Gasteiger partial charge in [0.05, 0.1) is 11.5 Å². The average molecular weight is 333 g/mol. The van der Waals surface area contributed by atoms with Crippen molar-refractivity contribution in [1.29, 1.82) is 0 Å². The molecule has 7 heteroatoms. The molecule has 0 unspecified atom stereocenters. The molecule has 0 radical (unpaired) electrons. The Hall–Kier alpha value is -2.41. The first-order valence-corrected chi connectivity index (χ1v) is 8.09. The van der Waals surface area contributed by atoms with E-state index in [2.05, 4.69) is 0 Å². The number of hydrogen-bond acceptors (Lipinski definition) is 5. The Balaban J connectivity index is 2.30. The fourth-order valence-electron chi connectivity index (χ4n) is 2.28. The van der Waals surface area contributed by atoms with Crippen LogP contribution in [0.25, 0.3) is 0 Å². The molecular formula is C16H19N3O3S. The number of anilines is 1. The van der Waals surface area contributed by atoms with Crippen molar-refractivity contribution in [2.24, 2.45) is 0 Å². The van der Waals surface area contributed by atoms with Crippen molar-refractivity contribution in [3.05, 3.63) is 56.3 Å². The van der Waals surface area contributed by atoms with Crippen molar-refractivity contribution < 1.29 is 9.72 Å². The zero-order chi connectivity index (χ0) is 17.0. The van der Waals surface area contributed by atoms with Crippen LogP contribution in [0.15, 0.2) is 35.7 Å². The summed E-state index contributed by atoms with van der Waals surface area (Å²) in [6, 6.07) is 8.52. The summed E-state index contributed by atoms with van der Waals surface area (Å²) in [5.41, 5.74) is 0.751. The van der Waals surface area contributed by atoms with Gasteiger partial charge in [0.15, 0.2) is 0 Å². The molecule has 1 heterocycles. The third-order valence-corrected chi connectivity index (χ3v) is 4.36. The van der Waals surface area contributed by atoms with Gasteiger partial charge in [0, 0.05) is 37.1 Å². The molecule has 0 spiro atoms. The smallest absolute Gasteiger partial charge is 0.293 e. The first-order valence-electron chi connectivity index (χ1n) is 7.21. The highest BCUT2D eigenvalue weighted by Crippen LogP contribution is 2.28. The fourth-order valence-corrected chi connectivity index (χ4v) is 3.00. The molecule has 0 saturated heterocycles. The van der Waals surface area contributed by atoms with E-state index in [1.54, 1.807) is 47.4 Å². The van der Waals surface area contributed by atoms with Gasteiger partial charge in [-0.3, -0.25) is 14.9 Å². The van der Waals surface area contributed by atoms with Crippen molar-refractivity contribution in [3.63, 3.8) is 0 Å². The number of hydrogen-bond donors (Lipinski definition) is 0. The van der Waals surface area contributed by atoms with Crippen LogP contribution in [0.5, 0.6) is 0 Å². The van der Waals surface area contributed by atoms with Gasteiger partial charge in [-0.2, -0.15) is 0 Å². The molecule has 0 saturated carbocycles. The first-order chi connectivity index (χ1) is 10.9. The maximum atomic E-state index is 12.7. The van der Waals surface area contributed by atoms with Gasteiger partial charge in [-0.05, 0) is 30.5 Å². The van der Waals surface area contributed by atoms with Gasteiger partial charge in [0.1, 0.15) is 5.69 Å². The summed E-state index contributed by atoms with van der Waals surface area (Å²) in [4.78, 5) is 27.9. The number of carbonyl (C=O) groups excluding carboxylic acids is 1. The molecule has 0 aliphatic heterocycles. The van der Waals surface area contributed by atoms with Crippen LogP contribution in [0.2, 0.25) is 0 Å². The first kappa shape index (κ1) is 17.0. The third kappa shape index (κ3) is 3.87. The number of carbonyl (C=O) groups is 1. The number of rotatable bonds is 6. The van der Waals surface area contributed by atoms with E-state index in [1.165, 1.54) is 6.07 Å². The van der Waals surface area contributed by atoms with Crippen LogP contribution < -0.4 is 4.90 Å². The minimum atomic E-state index is -0.457. The summed E-state index contributed by atoms with van der Waals surface area (Å²) >= 11 is 1.58. The Morgan fingerprint density at radius 2 is 2.04 bits per heavy atom. The molecule has 1 amide bonds. The van der Waals surface area contributed by atoms with Crippen molar-refractivity contribution in [2.45, 2.75) is 13.5 Å². The summed E-state index contributed by atoms with van der Waals surface area (Å²) < 4.78 is 0. The van der Waals surface area contributed by atoms with Crippen molar-refractivity contribution in [2.75, 3.05) is 25.5 Å². The molecule has 122 valence electrons. The van der Waals surface area contributed by atoms with Crippen LogP contribution in [-0.2, 0) is 6.54 Å². The summed E-state index contributed by atoms with van der Waals surface area (Å²) in [5.74, 6) is -0.200. The summed E-state index contributed by atoms with van der Waals surface area (Å²) in [7, 11) is 3.47. The van der Waals surface area contributed by atoms with Crippen molar-refractivity contribution in [1.82, 2.24) is 4.90 Å². The molecule has 2 rings (SSSR count). The molecule has 6 nitrogen and oxygen atoms in total. The Morgan fingerprint density at radius 1 is 1.30 bits per heavy atom. The molecule has 0 N–H and O–H groups in total. The molecular weight excluding hydrogens is 314 g/mol. The molecule has 1 aromatic carbocycles. The molecule has 1 aromatic heterocycles. The van der Waals surface area contributed by atoms with Crippen molar-refractivity contribution in [3.8, 4) is 0 Å². The van der Waals surface area contributed by atoms with Crippen LogP contribution >= 0.6 is 11.3 Å². The van der Waals surface area contributed by atoms with Gasteiger partial charge in [-0.15, -0.1) is 11.3 Å². The standard InChI is InChI=1S/C16H19N3O3S/c1-4-18(11-13-6-5-9-23-13)16(20)12-7-8-14(17(2)3)15(10-12)19(21)22/h5-10H,4,11H2,1-3H3. The second-order valence-electron chi connectivity index (χ2n) is 5.25. The lowest BCUT2D eigenvalue weighted by Gasteiger charge is -2.21. The minimum absolute atomic E-state index is 0.0620. The molecule has 0 atom stereocenters. The van der Waals surface area contributed by atoms with Crippen LogP contribution in [0.1, 0.15) is 22.2 Å². The monoisotopic (exact) mass is 333 g/mol. The summed E-state index contributed by atoms with van der Waals surface area (Å²) in [6.45, 7) is 2.95.